The van der Waals surface area contributed by atoms with Crippen molar-refractivity contribution in [2.45, 2.75) is 5.75 Å². The Hall–Kier alpha value is -2.47. The van der Waals surface area contributed by atoms with Crippen LogP contribution in [0, 0.1) is 0 Å². The molecule has 128 valence electrons. The third-order valence-electron chi connectivity index (χ3n) is 3.37. The Morgan fingerprint density at radius 2 is 1.38 bits per heavy atom. The van der Waals surface area contributed by atoms with Crippen LogP contribution in [0.3, 0.4) is 0 Å². The van der Waals surface area contributed by atoms with Crippen molar-refractivity contribution in [2.24, 2.45) is 0 Å². The van der Waals surface area contributed by atoms with Gasteiger partial charge in [-0.15, -0.1) is 0 Å². The topological polar surface area (TPSA) is 61.8 Å². The molecule has 0 saturated carbocycles. The van der Waals surface area contributed by atoms with Crippen molar-refractivity contribution >= 4 is 15.9 Å². The minimum absolute atomic E-state index is 0.0748. The van der Waals surface area contributed by atoms with E-state index in [2.05, 4.69) is 0 Å². The average molecular weight is 348 g/mol. The first-order valence-corrected chi connectivity index (χ1v) is 8.94. The van der Waals surface area contributed by atoms with Crippen molar-refractivity contribution < 1.29 is 22.6 Å². The van der Waals surface area contributed by atoms with Gasteiger partial charge in [-0.05, 0) is 41.5 Å². The van der Waals surface area contributed by atoms with Crippen LogP contribution in [0.1, 0.15) is 11.1 Å². The lowest BCUT2D eigenvalue weighted by Gasteiger charge is -2.06. The highest BCUT2D eigenvalue weighted by Crippen LogP contribution is 2.24. The summed E-state index contributed by atoms with van der Waals surface area (Å²) >= 11 is 0. The summed E-state index contributed by atoms with van der Waals surface area (Å²) in [5.74, 6) is 1.81. The van der Waals surface area contributed by atoms with E-state index < -0.39 is 9.84 Å². The SMILES string of the molecule is COc1ccc(CS(=O)(=O)/C=C/c2cc(OC)cc(OC)c2)cc1. The zero-order valence-corrected chi connectivity index (χ0v) is 14.7. The third-order valence-corrected chi connectivity index (χ3v) is 4.65. The van der Waals surface area contributed by atoms with Crippen LogP contribution in [0.4, 0.5) is 0 Å². The number of hydrogen-bond acceptors (Lipinski definition) is 5. The number of methoxy groups -OCH3 is 3. The molecule has 2 rings (SSSR count). The van der Waals surface area contributed by atoms with E-state index in [9.17, 15) is 8.42 Å². The molecule has 6 heteroatoms. The molecule has 0 spiro atoms. The van der Waals surface area contributed by atoms with E-state index in [1.165, 1.54) is 11.5 Å². The highest BCUT2D eigenvalue weighted by atomic mass is 32.2. The van der Waals surface area contributed by atoms with Gasteiger partial charge >= 0.3 is 0 Å². The molecule has 0 unspecified atom stereocenters. The molecule has 0 amide bonds. The van der Waals surface area contributed by atoms with Gasteiger partial charge in [0.25, 0.3) is 0 Å². The van der Waals surface area contributed by atoms with E-state index in [1.807, 2.05) is 0 Å². The van der Waals surface area contributed by atoms with Crippen LogP contribution < -0.4 is 14.2 Å². The Kier molecular flexibility index (Phi) is 5.87. The standard InChI is InChI=1S/C18H20O5S/c1-21-16-6-4-14(5-7-16)13-24(19,20)9-8-15-10-17(22-2)12-18(11-15)23-3/h4-12H,13H2,1-3H3/b9-8+. The lowest BCUT2D eigenvalue weighted by molar-refractivity contribution is 0.394. The van der Waals surface area contributed by atoms with Crippen LogP contribution in [-0.4, -0.2) is 29.7 Å². The zero-order chi connectivity index (χ0) is 17.6. The summed E-state index contributed by atoms with van der Waals surface area (Å²) in [5.41, 5.74) is 1.38. The second-order valence-electron chi connectivity index (χ2n) is 5.10. The molecular formula is C18H20O5S. The number of benzene rings is 2. The van der Waals surface area contributed by atoms with Crippen molar-refractivity contribution in [3.63, 3.8) is 0 Å². The lowest BCUT2D eigenvalue weighted by Crippen LogP contribution is -2.00. The molecule has 0 bridgehead atoms. The van der Waals surface area contributed by atoms with Crippen molar-refractivity contribution in [3.8, 4) is 17.2 Å². The summed E-state index contributed by atoms with van der Waals surface area (Å²) in [5, 5.41) is 1.20. The van der Waals surface area contributed by atoms with Crippen LogP contribution in [0.25, 0.3) is 6.08 Å². The summed E-state index contributed by atoms with van der Waals surface area (Å²) in [6.45, 7) is 0. The molecule has 0 atom stereocenters. The van der Waals surface area contributed by atoms with Gasteiger partial charge in [0, 0.05) is 11.5 Å². The van der Waals surface area contributed by atoms with Crippen molar-refractivity contribution in [1.82, 2.24) is 0 Å². The first kappa shape index (κ1) is 17.9. The molecule has 0 aliphatic carbocycles. The molecule has 0 fully saturated rings. The summed E-state index contributed by atoms with van der Waals surface area (Å²) in [6, 6.07) is 12.1. The molecule has 0 radical (unpaired) electrons. The van der Waals surface area contributed by atoms with Crippen LogP contribution >= 0.6 is 0 Å². The Bertz CT molecular complexity index is 786. The molecular weight excluding hydrogens is 328 g/mol. The van der Waals surface area contributed by atoms with E-state index in [1.54, 1.807) is 63.8 Å². The minimum atomic E-state index is -3.39. The Morgan fingerprint density at radius 3 is 1.88 bits per heavy atom. The molecule has 0 saturated heterocycles. The fraction of sp³-hybridized carbons (Fsp3) is 0.222. The average Bonchev–Trinajstić information content (AvgIpc) is 2.60. The third kappa shape index (κ3) is 5.03. The van der Waals surface area contributed by atoms with Gasteiger partial charge in [0.15, 0.2) is 9.84 Å². The molecule has 0 aromatic heterocycles. The van der Waals surface area contributed by atoms with Gasteiger partial charge in [-0.1, -0.05) is 12.1 Å². The maximum Gasteiger partial charge on any atom is 0.175 e. The van der Waals surface area contributed by atoms with Crippen molar-refractivity contribution in [3.05, 3.63) is 59.0 Å². The molecule has 5 nitrogen and oxygen atoms in total. The highest BCUT2D eigenvalue weighted by molar-refractivity contribution is 7.93. The van der Waals surface area contributed by atoms with Crippen LogP contribution in [0.5, 0.6) is 17.2 Å². The molecule has 2 aromatic carbocycles. The largest absolute Gasteiger partial charge is 0.497 e. The van der Waals surface area contributed by atoms with Crippen molar-refractivity contribution in [2.75, 3.05) is 21.3 Å². The number of rotatable bonds is 7. The van der Waals surface area contributed by atoms with Crippen LogP contribution in [0.15, 0.2) is 47.9 Å². The Morgan fingerprint density at radius 1 is 0.833 bits per heavy atom. The summed E-state index contributed by atoms with van der Waals surface area (Å²) in [7, 11) is 1.26. The Balaban J connectivity index is 2.16. The lowest BCUT2D eigenvalue weighted by atomic mass is 10.2. The van der Waals surface area contributed by atoms with Gasteiger partial charge in [0.2, 0.25) is 0 Å². The molecule has 24 heavy (non-hydrogen) atoms. The fourth-order valence-corrected chi connectivity index (χ4v) is 3.23. The van der Waals surface area contributed by atoms with Gasteiger partial charge in [0.05, 0.1) is 27.1 Å². The second kappa shape index (κ2) is 7.88. The molecule has 2 aromatic rings. The highest BCUT2D eigenvalue weighted by Gasteiger charge is 2.08. The minimum Gasteiger partial charge on any atom is -0.497 e. The predicted octanol–water partition coefficient (Wildman–Crippen LogP) is 3.30. The van der Waals surface area contributed by atoms with Gasteiger partial charge in [-0.25, -0.2) is 8.42 Å². The zero-order valence-electron chi connectivity index (χ0n) is 13.9. The number of hydrogen-bond donors (Lipinski definition) is 0. The van der Waals surface area contributed by atoms with Gasteiger partial charge in [-0.2, -0.15) is 0 Å². The maximum absolute atomic E-state index is 12.3. The van der Waals surface area contributed by atoms with Gasteiger partial charge < -0.3 is 14.2 Å². The smallest absolute Gasteiger partial charge is 0.175 e. The van der Waals surface area contributed by atoms with E-state index >= 15 is 0 Å². The monoisotopic (exact) mass is 348 g/mol. The normalized spacial score (nSPS) is 11.5. The van der Waals surface area contributed by atoms with E-state index in [-0.39, 0.29) is 5.75 Å². The summed E-state index contributed by atoms with van der Waals surface area (Å²) < 4.78 is 39.9. The fourth-order valence-electron chi connectivity index (χ4n) is 2.11. The number of ether oxygens (including phenoxy) is 3. The maximum atomic E-state index is 12.3. The number of sulfone groups is 1. The van der Waals surface area contributed by atoms with Crippen LogP contribution in [-0.2, 0) is 15.6 Å². The van der Waals surface area contributed by atoms with Gasteiger partial charge in [0.1, 0.15) is 17.2 Å². The first-order chi connectivity index (χ1) is 11.5. The summed E-state index contributed by atoms with van der Waals surface area (Å²) in [6.07, 6.45) is 1.53. The predicted molar refractivity (Wildman–Crippen MR) is 94.2 cm³/mol. The van der Waals surface area contributed by atoms with Gasteiger partial charge in [-0.3, -0.25) is 0 Å². The molecule has 0 aliphatic heterocycles. The first-order valence-electron chi connectivity index (χ1n) is 7.22. The molecule has 0 N–H and O–H groups in total. The Labute approximate surface area is 142 Å². The quantitative estimate of drug-likeness (QED) is 0.768. The van der Waals surface area contributed by atoms with Crippen molar-refractivity contribution in [1.29, 1.82) is 0 Å². The van der Waals surface area contributed by atoms with E-state index in [0.29, 0.717) is 28.4 Å². The van der Waals surface area contributed by atoms with E-state index in [0.717, 1.165) is 0 Å². The molecule has 0 heterocycles. The second-order valence-corrected chi connectivity index (χ2v) is 6.99. The van der Waals surface area contributed by atoms with E-state index in [4.69, 9.17) is 14.2 Å². The van der Waals surface area contributed by atoms with Crippen LogP contribution in [0.2, 0.25) is 0 Å². The molecule has 0 aliphatic rings. The summed E-state index contributed by atoms with van der Waals surface area (Å²) in [4.78, 5) is 0.